The second-order valence-corrected chi connectivity index (χ2v) is 9.28. The number of halogens is 2. The van der Waals surface area contributed by atoms with E-state index in [0.29, 0.717) is 38.2 Å². The van der Waals surface area contributed by atoms with Crippen LogP contribution in [0.2, 0.25) is 10.0 Å². The molecule has 0 atom stereocenters. The Bertz CT molecular complexity index is 1390. The molecule has 172 valence electrons. The van der Waals surface area contributed by atoms with Gasteiger partial charge in [0.25, 0.3) is 11.6 Å². The van der Waals surface area contributed by atoms with E-state index in [-0.39, 0.29) is 5.69 Å². The Kier molecular flexibility index (Phi) is 7.12. The van der Waals surface area contributed by atoms with Crippen LogP contribution in [0.15, 0.2) is 65.8 Å². The van der Waals surface area contributed by atoms with Gasteiger partial charge < -0.3 is 4.74 Å². The fraction of sp³-hybridized carbons (Fsp3) is 0.0833. The number of rotatable bonds is 7. The summed E-state index contributed by atoms with van der Waals surface area (Å²) in [6.45, 7) is 2.33. The zero-order chi connectivity index (χ0) is 24.2. The molecule has 0 saturated heterocycles. The van der Waals surface area contributed by atoms with Crippen LogP contribution in [0.5, 0.6) is 5.75 Å². The van der Waals surface area contributed by atoms with Gasteiger partial charge >= 0.3 is 0 Å². The van der Waals surface area contributed by atoms with Gasteiger partial charge in [0.15, 0.2) is 5.75 Å². The number of nitro benzene ring substituents is 1. The summed E-state index contributed by atoms with van der Waals surface area (Å²) in [6.07, 6.45) is 1.41. The van der Waals surface area contributed by atoms with E-state index in [1.807, 2.05) is 31.2 Å². The van der Waals surface area contributed by atoms with Gasteiger partial charge in [-0.2, -0.15) is 5.10 Å². The van der Waals surface area contributed by atoms with Crippen molar-refractivity contribution in [3.63, 3.8) is 0 Å². The largest absolute Gasteiger partial charge is 0.486 e. The number of nitrogens with zero attached hydrogens (tertiary/aromatic N) is 2. The summed E-state index contributed by atoms with van der Waals surface area (Å²) in [4.78, 5) is 23.3. The maximum absolute atomic E-state index is 12.4. The lowest BCUT2D eigenvalue weighted by Crippen LogP contribution is -2.16. The topological polar surface area (TPSA) is 93.8 Å². The van der Waals surface area contributed by atoms with Gasteiger partial charge in [-0.15, -0.1) is 11.3 Å². The highest BCUT2D eigenvalue weighted by Crippen LogP contribution is 2.34. The molecule has 10 heteroatoms. The molecule has 4 rings (SSSR count). The van der Waals surface area contributed by atoms with Crippen LogP contribution in [0.25, 0.3) is 10.1 Å². The van der Waals surface area contributed by atoms with Crippen LogP contribution < -0.4 is 10.2 Å². The third-order valence-corrected chi connectivity index (χ3v) is 6.51. The fourth-order valence-corrected chi connectivity index (χ4v) is 4.65. The maximum atomic E-state index is 12.4. The lowest BCUT2D eigenvalue weighted by atomic mass is 10.2. The number of fused-ring (bicyclic) bond motifs is 1. The normalized spacial score (nSPS) is 11.1. The quantitative estimate of drug-likeness (QED) is 0.167. The number of non-ortho nitro benzene ring substituents is 1. The molecule has 0 saturated carbocycles. The van der Waals surface area contributed by atoms with E-state index in [1.165, 1.54) is 29.7 Å². The Hall–Kier alpha value is -3.46. The first-order valence-corrected chi connectivity index (χ1v) is 11.6. The zero-order valence-electron chi connectivity index (χ0n) is 17.7. The first kappa shape index (κ1) is 23.7. The number of hydrazone groups is 1. The first-order chi connectivity index (χ1) is 16.3. The first-order valence-electron chi connectivity index (χ1n) is 9.99. The maximum Gasteiger partial charge on any atom is 0.281 e. The number of amides is 1. The Labute approximate surface area is 208 Å². The highest BCUT2D eigenvalue weighted by Gasteiger charge is 2.13. The molecule has 1 N–H and O–H groups in total. The number of nitrogens with one attached hydrogen (secondary N) is 1. The van der Waals surface area contributed by atoms with Crippen molar-refractivity contribution < 1.29 is 14.5 Å². The van der Waals surface area contributed by atoms with Crippen molar-refractivity contribution in [1.29, 1.82) is 0 Å². The molecule has 34 heavy (non-hydrogen) atoms. The second-order valence-electron chi connectivity index (χ2n) is 7.38. The van der Waals surface area contributed by atoms with Gasteiger partial charge in [0.2, 0.25) is 0 Å². The smallest absolute Gasteiger partial charge is 0.281 e. The SMILES string of the molecule is Cc1ccc(COc2c(Cl)cc(/C=N\NC(=O)c3cc4cc([N+](=O)[O-])ccc4s3)cc2Cl)cc1. The van der Waals surface area contributed by atoms with Gasteiger partial charge in [0, 0.05) is 22.2 Å². The standard InChI is InChI=1S/C24H17Cl2N3O4S/c1-14-2-4-15(5-3-14)13-33-23-19(25)8-16(9-20(23)26)12-27-28-24(30)22-11-17-10-18(29(31)32)6-7-21(17)34-22/h2-12H,13H2,1H3,(H,28,30)/b27-12-. The molecule has 0 spiro atoms. The molecule has 1 amide bonds. The number of ether oxygens (including phenoxy) is 1. The summed E-state index contributed by atoms with van der Waals surface area (Å²) in [7, 11) is 0. The van der Waals surface area contributed by atoms with Crippen molar-refractivity contribution in [1.82, 2.24) is 5.43 Å². The average molecular weight is 514 g/mol. The van der Waals surface area contributed by atoms with Crippen LogP contribution in [0, 0.1) is 17.0 Å². The van der Waals surface area contributed by atoms with E-state index in [4.69, 9.17) is 27.9 Å². The molecule has 4 aromatic rings. The summed E-state index contributed by atoms with van der Waals surface area (Å²) < 4.78 is 6.55. The van der Waals surface area contributed by atoms with Crippen molar-refractivity contribution >= 4 is 62.4 Å². The van der Waals surface area contributed by atoms with Crippen LogP contribution in [0.1, 0.15) is 26.4 Å². The summed E-state index contributed by atoms with van der Waals surface area (Å²) in [5.74, 6) is -0.0696. The minimum atomic E-state index is -0.476. The highest BCUT2D eigenvalue weighted by atomic mass is 35.5. The van der Waals surface area contributed by atoms with Gasteiger partial charge in [0.05, 0.1) is 26.1 Å². The van der Waals surface area contributed by atoms with E-state index in [1.54, 1.807) is 24.3 Å². The van der Waals surface area contributed by atoms with Crippen molar-refractivity contribution in [3.8, 4) is 5.75 Å². The van der Waals surface area contributed by atoms with E-state index in [9.17, 15) is 14.9 Å². The highest BCUT2D eigenvalue weighted by molar-refractivity contribution is 7.20. The molecule has 3 aromatic carbocycles. The molecule has 1 aromatic heterocycles. The molecule has 0 aliphatic rings. The average Bonchev–Trinajstić information content (AvgIpc) is 3.23. The van der Waals surface area contributed by atoms with Crippen molar-refractivity contribution in [2.75, 3.05) is 0 Å². The predicted octanol–water partition coefficient (Wildman–Crippen LogP) is 6.77. The molecule has 0 radical (unpaired) electrons. The lowest BCUT2D eigenvalue weighted by Gasteiger charge is -2.11. The van der Waals surface area contributed by atoms with Gasteiger partial charge in [-0.1, -0.05) is 53.0 Å². The van der Waals surface area contributed by atoms with Gasteiger partial charge in [-0.25, -0.2) is 5.43 Å². The fourth-order valence-electron chi connectivity index (χ4n) is 3.11. The van der Waals surface area contributed by atoms with Gasteiger partial charge in [-0.05, 0) is 42.3 Å². The second kappa shape index (κ2) is 10.2. The molecule has 0 unspecified atom stereocenters. The van der Waals surface area contributed by atoms with Crippen molar-refractivity contribution in [2.24, 2.45) is 5.10 Å². The minimum Gasteiger partial charge on any atom is -0.486 e. The predicted molar refractivity (Wildman–Crippen MR) is 136 cm³/mol. The lowest BCUT2D eigenvalue weighted by molar-refractivity contribution is -0.384. The number of aryl methyl sites for hydroxylation is 1. The third-order valence-electron chi connectivity index (χ3n) is 4.84. The van der Waals surface area contributed by atoms with Crippen molar-refractivity contribution in [3.05, 3.63) is 102 Å². The zero-order valence-corrected chi connectivity index (χ0v) is 20.1. The number of thiophene rings is 1. The van der Waals surface area contributed by atoms with Crippen LogP contribution in [0.4, 0.5) is 5.69 Å². The van der Waals surface area contributed by atoms with Crippen LogP contribution in [-0.2, 0) is 6.61 Å². The summed E-state index contributed by atoms with van der Waals surface area (Å²) >= 11 is 13.9. The van der Waals surface area contributed by atoms with Crippen LogP contribution >= 0.6 is 34.5 Å². The summed E-state index contributed by atoms with van der Waals surface area (Å²) in [5, 5.41) is 16.1. The van der Waals surface area contributed by atoms with Crippen molar-refractivity contribution in [2.45, 2.75) is 13.5 Å². The molecule has 1 heterocycles. The molecule has 0 bridgehead atoms. The Morgan fingerprint density at radius 3 is 2.50 bits per heavy atom. The third kappa shape index (κ3) is 5.53. The molecule has 0 aliphatic heterocycles. The van der Waals surface area contributed by atoms with Gasteiger partial charge in [0.1, 0.15) is 6.61 Å². The molecule has 0 fully saturated rings. The Morgan fingerprint density at radius 2 is 1.82 bits per heavy atom. The van der Waals surface area contributed by atoms with E-state index >= 15 is 0 Å². The Balaban J connectivity index is 1.41. The summed E-state index contributed by atoms with van der Waals surface area (Å²) in [6, 6.07) is 17.2. The van der Waals surface area contributed by atoms with Crippen LogP contribution in [-0.4, -0.2) is 17.0 Å². The molecule has 0 aliphatic carbocycles. The molecular formula is C24H17Cl2N3O4S. The number of benzene rings is 3. The minimum absolute atomic E-state index is 0.0321. The number of nitro groups is 1. The van der Waals surface area contributed by atoms with Crippen LogP contribution in [0.3, 0.4) is 0 Å². The Morgan fingerprint density at radius 1 is 1.12 bits per heavy atom. The molecule has 7 nitrogen and oxygen atoms in total. The van der Waals surface area contributed by atoms with E-state index in [0.717, 1.165) is 15.8 Å². The molecular weight excluding hydrogens is 497 g/mol. The number of hydrogen-bond acceptors (Lipinski definition) is 6. The monoisotopic (exact) mass is 513 g/mol. The summed E-state index contributed by atoms with van der Waals surface area (Å²) in [5.41, 5.74) is 5.13. The van der Waals surface area contributed by atoms with E-state index in [2.05, 4.69) is 10.5 Å². The van der Waals surface area contributed by atoms with Gasteiger partial charge in [-0.3, -0.25) is 14.9 Å². The number of hydrogen-bond donors (Lipinski definition) is 1. The number of carbonyl (C=O) groups is 1. The number of carbonyl (C=O) groups excluding carboxylic acids is 1. The van der Waals surface area contributed by atoms with E-state index < -0.39 is 10.8 Å².